The van der Waals surface area contributed by atoms with E-state index in [0.29, 0.717) is 11.1 Å². The molecule has 1 aromatic carbocycles. The maximum Gasteiger partial charge on any atom is 0.255 e. The molecule has 0 fully saturated rings. The van der Waals surface area contributed by atoms with Gasteiger partial charge in [0, 0.05) is 54.0 Å². The average Bonchev–Trinajstić information content (AvgIpc) is 3.19. The zero-order chi connectivity index (χ0) is 21.0. The van der Waals surface area contributed by atoms with Gasteiger partial charge in [-0.05, 0) is 23.8 Å². The summed E-state index contributed by atoms with van der Waals surface area (Å²) in [5.41, 5.74) is 4.06. The Morgan fingerprint density at radius 3 is 2.77 bits per heavy atom. The Hall–Kier alpha value is -3.48. The van der Waals surface area contributed by atoms with E-state index in [2.05, 4.69) is 15.1 Å². The molecule has 3 aromatic heterocycles. The molecule has 0 atom stereocenters. The highest BCUT2D eigenvalue weighted by Gasteiger charge is 2.43. The monoisotopic (exact) mass is 397 g/mol. The maximum atomic E-state index is 15.1. The molecule has 4 aromatic rings. The van der Waals surface area contributed by atoms with E-state index >= 15 is 4.39 Å². The summed E-state index contributed by atoms with van der Waals surface area (Å²) < 4.78 is 16.8. The number of amides is 1. The summed E-state index contributed by atoms with van der Waals surface area (Å²) in [5.74, 6) is -0.489. The van der Waals surface area contributed by atoms with Crippen molar-refractivity contribution >= 4 is 32.5 Å². The van der Waals surface area contributed by atoms with Gasteiger partial charge in [0.1, 0.15) is 27.0 Å². The SMILES string of the molecule is BC1(B)c2ncccc2C(=O)N1Cc1ccc(-c2cncc3nn(C)cc23)cc1F. The van der Waals surface area contributed by atoms with Gasteiger partial charge in [0.2, 0.25) is 0 Å². The molecule has 0 spiro atoms. The third-order valence-corrected chi connectivity index (χ3v) is 5.78. The van der Waals surface area contributed by atoms with Crippen LogP contribution in [0.25, 0.3) is 22.0 Å². The van der Waals surface area contributed by atoms with Gasteiger partial charge in [-0.15, -0.1) is 0 Å². The highest BCUT2D eigenvalue weighted by molar-refractivity contribution is 6.42. The van der Waals surface area contributed by atoms with Crippen molar-refractivity contribution in [2.45, 2.75) is 11.9 Å². The molecule has 0 saturated heterocycles. The Morgan fingerprint density at radius 2 is 2.00 bits per heavy atom. The number of aromatic nitrogens is 4. The van der Waals surface area contributed by atoms with Gasteiger partial charge in [0.15, 0.2) is 0 Å². The highest BCUT2D eigenvalue weighted by atomic mass is 19.1. The summed E-state index contributed by atoms with van der Waals surface area (Å²) in [7, 11) is 5.71. The molecular formula is C21H18B2FN5O. The number of hydrogen-bond donors (Lipinski definition) is 0. The number of halogens is 1. The van der Waals surface area contributed by atoms with Crippen LogP contribution in [0.3, 0.4) is 0 Å². The minimum Gasteiger partial charge on any atom is -0.339 e. The number of nitrogens with zero attached hydrogens (tertiary/aromatic N) is 5. The van der Waals surface area contributed by atoms with Crippen LogP contribution in [-0.2, 0) is 18.9 Å². The normalized spacial score (nSPS) is 15.0. The predicted molar refractivity (Wildman–Crippen MR) is 117 cm³/mol. The van der Waals surface area contributed by atoms with Gasteiger partial charge in [-0.25, -0.2) is 4.39 Å². The lowest BCUT2D eigenvalue weighted by Crippen LogP contribution is -2.44. The van der Waals surface area contributed by atoms with E-state index < -0.39 is 5.34 Å². The van der Waals surface area contributed by atoms with E-state index in [-0.39, 0.29) is 18.3 Å². The standard InChI is InChI=1S/C21H18B2FN5O/c1-28-11-16-15(8-25-9-18(16)27-28)12-4-5-13(17(24)7-12)10-29-20(30)14-3-2-6-26-19(14)21(29,22)23/h2-9,11H,10,22-23H2,1H3. The molecule has 0 aliphatic carbocycles. The summed E-state index contributed by atoms with van der Waals surface area (Å²) >= 11 is 0. The van der Waals surface area contributed by atoms with Gasteiger partial charge in [-0.2, -0.15) is 5.10 Å². The van der Waals surface area contributed by atoms with Gasteiger partial charge in [-0.3, -0.25) is 19.4 Å². The van der Waals surface area contributed by atoms with Crippen molar-refractivity contribution in [3.63, 3.8) is 0 Å². The molecular weight excluding hydrogens is 379 g/mol. The lowest BCUT2D eigenvalue weighted by Gasteiger charge is -2.32. The molecule has 1 aliphatic heterocycles. The first kappa shape index (κ1) is 18.5. The average molecular weight is 397 g/mol. The molecule has 1 amide bonds. The van der Waals surface area contributed by atoms with E-state index in [1.807, 2.05) is 35.0 Å². The van der Waals surface area contributed by atoms with Crippen LogP contribution in [0.5, 0.6) is 0 Å². The van der Waals surface area contributed by atoms with Crippen molar-refractivity contribution in [3.05, 3.63) is 77.8 Å². The topological polar surface area (TPSA) is 63.9 Å². The number of benzene rings is 1. The molecule has 30 heavy (non-hydrogen) atoms. The fourth-order valence-corrected chi connectivity index (χ4v) is 4.17. The fraction of sp³-hybridized carbons (Fsp3) is 0.143. The Kier molecular flexibility index (Phi) is 4.03. The van der Waals surface area contributed by atoms with E-state index in [4.69, 9.17) is 0 Å². The molecule has 0 saturated carbocycles. The Morgan fingerprint density at radius 1 is 1.17 bits per heavy atom. The van der Waals surface area contributed by atoms with Crippen LogP contribution < -0.4 is 0 Å². The molecule has 1 aliphatic rings. The van der Waals surface area contributed by atoms with Crippen LogP contribution in [0.2, 0.25) is 0 Å². The highest BCUT2D eigenvalue weighted by Crippen LogP contribution is 2.35. The van der Waals surface area contributed by atoms with Gasteiger partial charge in [-0.1, -0.05) is 12.1 Å². The minimum absolute atomic E-state index is 0.129. The van der Waals surface area contributed by atoms with Crippen molar-refractivity contribution < 1.29 is 9.18 Å². The van der Waals surface area contributed by atoms with E-state index in [0.717, 1.165) is 27.7 Å². The van der Waals surface area contributed by atoms with E-state index in [1.165, 1.54) is 6.07 Å². The first-order valence-electron chi connectivity index (χ1n) is 9.70. The van der Waals surface area contributed by atoms with Crippen molar-refractivity contribution in [1.29, 1.82) is 0 Å². The number of hydrogen-bond acceptors (Lipinski definition) is 4. The summed E-state index contributed by atoms with van der Waals surface area (Å²) in [6.07, 6.45) is 6.98. The second-order valence-electron chi connectivity index (χ2n) is 8.08. The van der Waals surface area contributed by atoms with Gasteiger partial charge in [0.05, 0.1) is 17.5 Å². The minimum atomic E-state index is -0.607. The Bertz CT molecular complexity index is 1320. The summed E-state index contributed by atoms with van der Waals surface area (Å²) in [6.45, 7) is 0.170. The second kappa shape index (κ2) is 6.52. The molecule has 0 bridgehead atoms. The lowest BCUT2D eigenvalue weighted by atomic mass is 9.59. The number of aryl methyl sites for hydroxylation is 1. The van der Waals surface area contributed by atoms with Crippen LogP contribution in [0, 0.1) is 5.82 Å². The van der Waals surface area contributed by atoms with E-state index in [9.17, 15) is 4.79 Å². The third-order valence-electron chi connectivity index (χ3n) is 5.78. The first-order chi connectivity index (χ1) is 14.4. The molecule has 4 heterocycles. The van der Waals surface area contributed by atoms with Crippen molar-refractivity contribution in [3.8, 4) is 11.1 Å². The van der Waals surface area contributed by atoms with Gasteiger partial charge >= 0.3 is 0 Å². The zero-order valence-corrected chi connectivity index (χ0v) is 16.9. The van der Waals surface area contributed by atoms with Crippen molar-refractivity contribution in [2.24, 2.45) is 7.05 Å². The number of pyridine rings is 2. The second-order valence-corrected chi connectivity index (χ2v) is 8.08. The van der Waals surface area contributed by atoms with Crippen LogP contribution in [0.4, 0.5) is 4.39 Å². The molecule has 6 nitrogen and oxygen atoms in total. The molecule has 9 heteroatoms. The molecule has 146 valence electrons. The smallest absolute Gasteiger partial charge is 0.255 e. The summed E-state index contributed by atoms with van der Waals surface area (Å²) in [6, 6.07) is 8.62. The molecule has 0 unspecified atom stereocenters. The molecule has 0 radical (unpaired) electrons. The largest absolute Gasteiger partial charge is 0.339 e. The third kappa shape index (κ3) is 2.73. The van der Waals surface area contributed by atoms with Crippen LogP contribution >= 0.6 is 0 Å². The Labute approximate surface area is 174 Å². The first-order valence-corrected chi connectivity index (χ1v) is 9.70. The Balaban J connectivity index is 1.50. The number of carbonyl (C=O) groups excluding carboxylic acids is 1. The quantitative estimate of drug-likeness (QED) is 0.488. The molecule has 5 rings (SSSR count). The maximum absolute atomic E-state index is 15.1. The van der Waals surface area contributed by atoms with Crippen LogP contribution in [0.15, 0.2) is 55.1 Å². The zero-order valence-electron chi connectivity index (χ0n) is 16.9. The summed E-state index contributed by atoms with van der Waals surface area (Å²) in [4.78, 5) is 23.2. The fourth-order valence-electron chi connectivity index (χ4n) is 4.17. The molecule has 0 N–H and O–H groups in total. The van der Waals surface area contributed by atoms with Gasteiger partial charge in [0.25, 0.3) is 5.91 Å². The number of carbonyl (C=O) groups is 1. The van der Waals surface area contributed by atoms with Gasteiger partial charge < -0.3 is 4.90 Å². The number of fused-ring (bicyclic) bond motifs is 2. The van der Waals surface area contributed by atoms with Crippen LogP contribution in [0.1, 0.15) is 21.6 Å². The van der Waals surface area contributed by atoms with Crippen molar-refractivity contribution in [1.82, 2.24) is 24.6 Å². The van der Waals surface area contributed by atoms with Crippen molar-refractivity contribution in [2.75, 3.05) is 0 Å². The number of rotatable bonds is 3. The van der Waals surface area contributed by atoms with E-state index in [1.54, 1.807) is 46.4 Å². The lowest BCUT2D eigenvalue weighted by molar-refractivity contribution is 0.0729. The van der Waals surface area contributed by atoms with Crippen LogP contribution in [-0.4, -0.2) is 46.2 Å². The summed E-state index contributed by atoms with van der Waals surface area (Å²) in [5, 5.41) is 4.67. The predicted octanol–water partition coefficient (Wildman–Crippen LogP) is 1.20.